The van der Waals surface area contributed by atoms with Crippen molar-refractivity contribution in [2.75, 3.05) is 51.5 Å². The third kappa shape index (κ3) is 3.44. The monoisotopic (exact) mass is 438 g/mol. The van der Waals surface area contributed by atoms with Crippen molar-refractivity contribution in [3.05, 3.63) is 52.2 Å². The quantitative estimate of drug-likeness (QED) is 0.481. The number of thiazole rings is 1. The van der Waals surface area contributed by atoms with Crippen molar-refractivity contribution in [2.24, 2.45) is 0 Å². The summed E-state index contributed by atoms with van der Waals surface area (Å²) in [6, 6.07) is 11.5. The van der Waals surface area contributed by atoms with Crippen LogP contribution in [0.15, 0.2) is 41.2 Å². The number of amides is 1. The molecule has 1 fully saturated rings. The van der Waals surface area contributed by atoms with Gasteiger partial charge in [0.15, 0.2) is 5.65 Å². The molecule has 0 spiro atoms. The lowest BCUT2D eigenvalue weighted by Crippen LogP contribution is -2.37. The molecule has 0 radical (unpaired) electrons. The van der Waals surface area contributed by atoms with Crippen LogP contribution < -0.4 is 15.6 Å². The third-order valence-electron chi connectivity index (χ3n) is 5.43. The average molecular weight is 439 g/mol. The van der Waals surface area contributed by atoms with Crippen LogP contribution in [0.1, 0.15) is 10.4 Å². The van der Waals surface area contributed by atoms with Crippen molar-refractivity contribution < 1.29 is 14.3 Å². The highest BCUT2D eigenvalue weighted by Gasteiger charge is 2.23. The maximum Gasteiger partial charge on any atom is 0.258 e. The standard InChI is InChI=1S/C22H22N4O4S/c1-29-11-8-23-21(28)18-19(27)14-6-7-17(25-9-12-30-13-10-25)24-20(14)26-15-4-2-3-5-16(15)31-22(18)26/h2-7H,8-13H2,1H3,(H,23,28). The highest BCUT2D eigenvalue weighted by atomic mass is 32.1. The molecule has 0 atom stereocenters. The van der Waals surface area contributed by atoms with Gasteiger partial charge in [-0.05, 0) is 24.3 Å². The Hall–Kier alpha value is -3.01. The molecule has 8 nitrogen and oxygen atoms in total. The van der Waals surface area contributed by atoms with Crippen LogP contribution in [0, 0.1) is 0 Å². The van der Waals surface area contributed by atoms with E-state index in [1.165, 1.54) is 11.3 Å². The van der Waals surface area contributed by atoms with E-state index in [1.54, 1.807) is 13.2 Å². The van der Waals surface area contributed by atoms with Crippen LogP contribution in [0.2, 0.25) is 0 Å². The lowest BCUT2D eigenvalue weighted by molar-refractivity contribution is 0.0937. The molecule has 0 saturated carbocycles. The number of carbonyl (C=O) groups excluding carboxylic acids is 1. The van der Waals surface area contributed by atoms with Gasteiger partial charge in [0.1, 0.15) is 16.2 Å². The lowest BCUT2D eigenvalue weighted by Gasteiger charge is -2.27. The van der Waals surface area contributed by atoms with Gasteiger partial charge in [-0.15, -0.1) is 11.3 Å². The Labute approximate surface area is 182 Å². The number of ether oxygens (including phenoxy) is 2. The second-order valence-corrected chi connectivity index (χ2v) is 8.33. The summed E-state index contributed by atoms with van der Waals surface area (Å²) in [4.78, 5) is 34.0. The van der Waals surface area contributed by atoms with Gasteiger partial charge >= 0.3 is 0 Å². The second kappa shape index (κ2) is 8.26. The minimum Gasteiger partial charge on any atom is -0.383 e. The molecule has 1 aromatic carbocycles. The first-order valence-corrected chi connectivity index (χ1v) is 11.0. The van der Waals surface area contributed by atoms with E-state index < -0.39 is 5.91 Å². The molecule has 160 valence electrons. The van der Waals surface area contributed by atoms with E-state index >= 15 is 0 Å². The van der Waals surface area contributed by atoms with Gasteiger partial charge in [-0.3, -0.25) is 14.0 Å². The summed E-state index contributed by atoms with van der Waals surface area (Å²) < 4.78 is 13.4. The Kier molecular flexibility index (Phi) is 5.31. The molecule has 31 heavy (non-hydrogen) atoms. The van der Waals surface area contributed by atoms with Crippen LogP contribution in [0.4, 0.5) is 5.82 Å². The number of anilines is 1. The van der Waals surface area contributed by atoms with E-state index in [9.17, 15) is 9.59 Å². The normalized spacial score (nSPS) is 14.5. The van der Waals surface area contributed by atoms with Gasteiger partial charge in [0, 0.05) is 26.7 Å². The molecule has 1 saturated heterocycles. The van der Waals surface area contributed by atoms with Gasteiger partial charge in [-0.25, -0.2) is 4.98 Å². The van der Waals surface area contributed by atoms with Crippen LogP contribution in [0.25, 0.3) is 26.1 Å². The summed E-state index contributed by atoms with van der Waals surface area (Å²) in [6.07, 6.45) is 0. The summed E-state index contributed by atoms with van der Waals surface area (Å²) in [7, 11) is 1.57. The van der Waals surface area contributed by atoms with Crippen molar-refractivity contribution in [3.63, 3.8) is 0 Å². The highest BCUT2D eigenvalue weighted by Crippen LogP contribution is 2.31. The number of hydrogen-bond acceptors (Lipinski definition) is 7. The number of rotatable bonds is 5. The van der Waals surface area contributed by atoms with Gasteiger partial charge in [-0.2, -0.15) is 0 Å². The van der Waals surface area contributed by atoms with E-state index in [0.717, 1.165) is 29.1 Å². The predicted molar refractivity (Wildman–Crippen MR) is 122 cm³/mol. The van der Waals surface area contributed by atoms with E-state index in [2.05, 4.69) is 10.2 Å². The zero-order chi connectivity index (χ0) is 21.4. The summed E-state index contributed by atoms with van der Waals surface area (Å²) in [5, 5.41) is 3.22. The Balaban J connectivity index is 1.77. The number of aromatic nitrogens is 2. The van der Waals surface area contributed by atoms with E-state index in [1.807, 2.05) is 34.7 Å². The molecule has 3 aromatic heterocycles. The molecule has 4 heterocycles. The smallest absolute Gasteiger partial charge is 0.258 e. The number of carbonyl (C=O) groups is 1. The SMILES string of the molecule is COCCNC(=O)c1c(=O)c2ccc(N3CCOCC3)nc2n2c1sc1ccccc12. The number of hydrogen-bond donors (Lipinski definition) is 1. The summed E-state index contributed by atoms with van der Waals surface area (Å²) in [6.45, 7) is 3.51. The van der Waals surface area contributed by atoms with Crippen molar-refractivity contribution in [1.82, 2.24) is 14.7 Å². The molecule has 1 aliphatic heterocycles. The number of pyridine rings is 2. The van der Waals surface area contributed by atoms with E-state index in [-0.39, 0.29) is 11.0 Å². The molecule has 0 unspecified atom stereocenters. The number of para-hydroxylation sites is 1. The van der Waals surface area contributed by atoms with Crippen LogP contribution in [-0.2, 0) is 9.47 Å². The van der Waals surface area contributed by atoms with Crippen molar-refractivity contribution in [3.8, 4) is 0 Å². The first-order valence-electron chi connectivity index (χ1n) is 10.2. The summed E-state index contributed by atoms with van der Waals surface area (Å²) in [5.41, 5.74) is 1.32. The highest BCUT2D eigenvalue weighted by molar-refractivity contribution is 7.24. The number of morpholine rings is 1. The molecule has 1 aliphatic rings. The Morgan fingerprint density at radius 1 is 1.23 bits per heavy atom. The van der Waals surface area contributed by atoms with Crippen molar-refractivity contribution in [2.45, 2.75) is 0 Å². The molecular weight excluding hydrogens is 416 g/mol. The number of fused-ring (bicyclic) bond motifs is 5. The molecule has 1 N–H and O–H groups in total. The largest absolute Gasteiger partial charge is 0.383 e. The molecule has 0 aliphatic carbocycles. The Bertz CT molecular complexity index is 1340. The third-order valence-corrected chi connectivity index (χ3v) is 6.57. The van der Waals surface area contributed by atoms with Crippen LogP contribution in [0.3, 0.4) is 0 Å². The molecule has 9 heteroatoms. The predicted octanol–water partition coefficient (Wildman–Crippen LogP) is 2.28. The van der Waals surface area contributed by atoms with Gasteiger partial charge < -0.3 is 19.7 Å². The first kappa shape index (κ1) is 19.9. The van der Waals surface area contributed by atoms with Crippen LogP contribution in [-0.4, -0.2) is 61.9 Å². The molecular formula is C22H22N4O4S. The van der Waals surface area contributed by atoms with E-state index in [4.69, 9.17) is 14.5 Å². The lowest BCUT2D eigenvalue weighted by atomic mass is 10.1. The molecule has 1 amide bonds. The Morgan fingerprint density at radius 2 is 2.03 bits per heavy atom. The zero-order valence-electron chi connectivity index (χ0n) is 17.1. The summed E-state index contributed by atoms with van der Waals surface area (Å²) >= 11 is 1.42. The number of benzene rings is 1. The van der Waals surface area contributed by atoms with Crippen molar-refractivity contribution >= 4 is 49.1 Å². The molecule has 0 bridgehead atoms. The van der Waals surface area contributed by atoms with Crippen LogP contribution >= 0.6 is 11.3 Å². The van der Waals surface area contributed by atoms with Gasteiger partial charge in [-0.1, -0.05) is 12.1 Å². The maximum atomic E-state index is 13.4. The van der Waals surface area contributed by atoms with Gasteiger partial charge in [0.05, 0.1) is 35.4 Å². The van der Waals surface area contributed by atoms with Crippen molar-refractivity contribution in [1.29, 1.82) is 0 Å². The van der Waals surface area contributed by atoms with Crippen LogP contribution in [0.5, 0.6) is 0 Å². The first-order chi connectivity index (χ1) is 15.2. The maximum absolute atomic E-state index is 13.4. The molecule has 4 aromatic rings. The second-order valence-electron chi connectivity index (χ2n) is 7.30. The number of methoxy groups -OCH3 is 1. The average Bonchev–Trinajstić information content (AvgIpc) is 3.19. The van der Waals surface area contributed by atoms with Gasteiger partial charge in [0.25, 0.3) is 5.91 Å². The zero-order valence-corrected chi connectivity index (χ0v) is 17.9. The number of nitrogens with one attached hydrogen (secondary N) is 1. The minimum absolute atomic E-state index is 0.144. The topological polar surface area (TPSA) is 85.2 Å². The van der Waals surface area contributed by atoms with Gasteiger partial charge in [0.2, 0.25) is 5.43 Å². The fourth-order valence-corrected chi connectivity index (χ4v) is 5.08. The fraction of sp³-hybridized carbons (Fsp3) is 0.318. The van der Waals surface area contributed by atoms with E-state index in [0.29, 0.717) is 42.2 Å². The fourth-order valence-electron chi connectivity index (χ4n) is 3.90. The molecule has 5 rings (SSSR count). The number of nitrogens with zero attached hydrogens (tertiary/aromatic N) is 3. The summed E-state index contributed by atoms with van der Waals surface area (Å²) in [5.74, 6) is 0.404. The Morgan fingerprint density at radius 3 is 2.84 bits per heavy atom. The minimum atomic E-state index is -0.398.